The number of alkyl halides is 1. The van der Waals surface area contributed by atoms with E-state index in [-0.39, 0.29) is 20.7 Å². The van der Waals surface area contributed by atoms with E-state index in [1.165, 1.54) is 23.1 Å². The second-order valence-electron chi connectivity index (χ2n) is 4.31. The number of halogens is 1. The first-order chi connectivity index (χ1) is 7.76. The Balaban J connectivity index is 2.26. The molecule has 0 radical (unpaired) electrons. The van der Waals surface area contributed by atoms with Gasteiger partial charge in [0.15, 0.2) is 0 Å². The summed E-state index contributed by atoms with van der Waals surface area (Å²) in [6, 6.07) is 9.15. The lowest BCUT2D eigenvalue weighted by atomic mass is 9.88. The van der Waals surface area contributed by atoms with Crippen molar-refractivity contribution in [1.82, 2.24) is 0 Å². The smallest absolute Gasteiger partial charge is 0.0202 e. The van der Waals surface area contributed by atoms with Crippen LogP contribution in [-0.2, 0) is 6.42 Å². The second kappa shape index (κ2) is 5.26. The molecule has 1 aromatic rings. The summed E-state index contributed by atoms with van der Waals surface area (Å²) < 4.78 is 3.30. The number of hydrogen-bond donors (Lipinski definition) is 0. The van der Waals surface area contributed by atoms with E-state index in [4.69, 9.17) is 0 Å². The highest BCUT2D eigenvalue weighted by Gasteiger charge is 2.26. The Hall–Kier alpha value is -0.440. The van der Waals surface area contributed by atoms with Gasteiger partial charge in [-0.25, -0.2) is 0 Å². The molecule has 1 heteroatoms. The molecule has 1 aliphatic rings. The Morgan fingerprint density at radius 1 is 1.19 bits per heavy atom. The number of hydrogen-bond acceptors (Lipinski definition) is 0. The van der Waals surface area contributed by atoms with Crippen LogP contribution in [0.5, 0.6) is 0 Å². The molecule has 0 aromatic heterocycles. The minimum Gasteiger partial charge on any atom is -0.118 e. The highest BCUT2D eigenvalue weighted by Crippen LogP contribution is 2.41. The standard InChI is InChI=1S/C15H19I/c1-4-12-6-8-13(9-7-12)15-11(3)10-16-14(15)5-2/h6-10,14-15H,3-5H2,1-2H3. The molecular formula is C15H19I. The highest BCUT2D eigenvalue weighted by atomic mass is 127. The van der Waals surface area contributed by atoms with Gasteiger partial charge < -0.3 is 0 Å². The van der Waals surface area contributed by atoms with Crippen molar-refractivity contribution in [3.05, 3.63) is 47.5 Å². The Labute approximate surface area is 109 Å². The van der Waals surface area contributed by atoms with Crippen molar-refractivity contribution in [2.75, 3.05) is 0 Å². The topological polar surface area (TPSA) is 0 Å². The van der Waals surface area contributed by atoms with Gasteiger partial charge in [-0.05, 0) is 33.6 Å². The predicted molar refractivity (Wildman–Crippen MR) is 81.9 cm³/mol. The Morgan fingerprint density at radius 3 is 2.44 bits per heavy atom. The highest BCUT2D eigenvalue weighted by molar-refractivity contribution is 14.2. The minimum atomic E-state index is 0.234. The lowest BCUT2D eigenvalue weighted by molar-refractivity contribution is 0.754. The van der Waals surface area contributed by atoms with Gasteiger partial charge in [-0.3, -0.25) is 0 Å². The van der Waals surface area contributed by atoms with E-state index in [0.29, 0.717) is 5.92 Å². The van der Waals surface area contributed by atoms with E-state index in [0.717, 1.165) is 10.3 Å². The van der Waals surface area contributed by atoms with Crippen molar-refractivity contribution in [2.24, 2.45) is 0 Å². The van der Waals surface area contributed by atoms with Crippen LogP contribution in [0.15, 0.2) is 36.4 Å². The molecule has 0 bridgehead atoms. The van der Waals surface area contributed by atoms with Gasteiger partial charge in [0.2, 0.25) is 0 Å². The van der Waals surface area contributed by atoms with Gasteiger partial charge in [-0.1, -0.05) is 44.7 Å². The monoisotopic (exact) mass is 326 g/mol. The van der Waals surface area contributed by atoms with Crippen LogP contribution in [0.3, 0.4) is 0 Å². The number of rotatable bonds is 3. The first kappa shape index (κ1) is 12.0. The lowest BCUT2D eigenvalue weighted by Crippen LogP contribution is -2.10. The quantitative estimate of drug-likeness (QED) is 0.568. The molecule has 0 amide bonds. The number of allylic oxidation sites excluding steroid dienone is 1. The van der Waals surface area contributed by atoms with Gasteiger partial charge in [0.1, 0.15) is 0 Å². The van der Waals surface area contributed by atoms with Crippen molar-refractivity contribution in [3.63, 3.8) is 0 Å². The molecule has 0 nitrogen and oxygen atoms in total. The summed E-state index contributed by atoms with van der Waals surface area (Å²) in [6.07, 6.45) is 2.42. The van der Waals surface area contributed by atoms with E-state index in [1.54, 1.807) is 0 Å². The Morgan fingerprint density at radius 2 is 1.88 bits per heavy atom. The van der Waals surface area contributed by atoms with Crippen molar-refractivity contribution >= 4 is 24.7 Å². The number of benzene rings is 1. The second-order valence-corrected chi connectivity index (χ2v) is 7.25. The zero-order valence-corrected chi connectivity index (χ0v) is 12.2. The molecule has 2 atom stereocenters. The number of aryl methyl sites for hydroxylation is 1. The fourth-order valence-corrected chi connectivity index (χ4v) is 5.36. The summed E-state index contributed by atoms with van der Waals surface area (Å²) in [5.41, 5.74) is 4.27. The summed E-state index contributed by atoms with van der Waals surface area (Å²) in [6.45, 7) is 8.74. The summed E-state index contributed by atoms with van der Waals surface area (Å²) in [7, 11) is 0. The van der Waals surface area contributed by atoms with E-state index in [9.17, 15) is 0 Å². The maximum atomic E-state index is 4.22. The fourth-order valence-electron chi connectivity index (χ4n) is 2.24. The molecule has 0 saturated carbocycles. The third-order valence-electron chi connectivity index (χ3n) is 3.26. The first-order valence-corrected chi connectivity index (χ1v) is 8.48. The molecule has 86 valence electrons. The van der Waals surface area contributed by atoms with Crippen LogP contribution in [0.2, 0.25) is 0 Å². The molecular weight excluding hydrogens is 307 g/mol. The van der Waals surface area contributed by atoms with Crippen LogP contribution in [-0.4, -0.2) is 7.94 Å². The van der Waals surface area contributed by atoms with Gasteiger partial charge in [0.25, 0.3) is 0 Å². The van der Waals surface area contributed by atoms with E-state index < -0.39 is 0 Å². The van der Waals surface area contributed by atoms with Crippen molar-refractivity contribution in [3.8, 4) is 0 Å². The van der Waals surface area contributed by atoms with E-state index >= 15 is 0 Å². The summed E-state index contributed by atoms with van der Waals surface area (Å²) in [5, 5.41) is 0. The van der Waals surface area contributed by atoms with Crippen molar-refractivity contribution < 1.29 is 0 Å². The van der Waals surface area contributed by atoms with Crippen LogP contribution in [0.1, 0.15) is 37.3 Å². The Bertz CT molecular complexity index is 400. The van der Waals surface area contributed by atoms with Gasteiger partial charge in [-0.15, -0.1) is 20.7 Å². The van der Waals surface area contributed by atoms with Gasteiger partial charge in [0, 0.05) is 9.84 Å². The average Bonchev–Trinajstić information content (AvgIpc) is 2.70. The SMILES string of the molecule is C=C1C=IC(CC)C1c1ccc(CC)cc1. The molecule has 2 rings (SSSR count). The lowest BCUT2D eigenvalue weighted by Gasteiger charge is -2.19. The Kier molecular flexibility index (Phi) is 3.95. The van der Waals surface area contributed by atoms with Gasteiger partial charge in [-0.2, -0.15) is 0 Å². The molecule has 0 N–H and O–H groups in total. The fraction of sp³-hybridized carbons (Fsp3) is 0.400. The zero-order chi connectivity index (χ0) is 11.5. The predicted octanol–water partition coefficient (Wildman–Crippen LogP) is 4.45. The van der Waals surface area contributed by atoms with Crippen LogP contribution in [0.25, 0.3) is 0 Å². The average molecular weight is 326 g/mol. The van der Waals surface area contributed by atoms with Crippen molar-refractivity contribution in [2.45, 2.75) is 36.5 Å². The summed E-state index contributed by atoms with van der Waals surface area (Å²) >= 11 is 0.234. The molecule has 0 spiro atoms. The molecule has 2 unspecified atom stereocenters. The molecule has 1 aromatic carbocycles. The molecule has 0 saturated heterocycles. The third kappa shape index (κ3) is 2.29. The third-order valence-corrected chi connectivity index (χ3v) is 6.95. The molecule has 0 fully saturated rings. The van der Waals surface area contributed by atoms with Crippen LogP contribution in [0.4, 0.5) is 0 Å². The minimum absolute atomic E-state index is 0.234. The molecule has 0 aliphatic carbocycles. The normalized spacial score (nSPS) is 24.5. The zero-order valence-electron chi connectivity index (χ0n) is 10.0. The van der Waals surface area contributed by atoms with E-state index in [1.807, 2.05) is 0 Å². The van der Waals surface area contributed by atoms with Crippen molar-refractivity contribution in [1.29, 1.82) is 0 Å². The maximum Gasteiger partial charge on any atom is 0.0202 e. The first-order valence-electron chi connectivity index (χ1n) is 5.99. The van der Waals surface area contributed by atoms with E-state index in [2.05, 4.69) is 48.7 Å². The molecule has 1 heterocycles. The van der Waals surface area contributed by atoms with Crippen LogP contribution < -0.4 is 0 Å². The molecule has 16 heavy (non-hydrogen) atoms. The van der Waals surface area contributed by atoms with Crippen LogP contribution in [0, 0.1) is 0 Å². The van der Waals surface area contributed by atoms with Gasteiger partial charge in [0.05, 0.1) is 0 Å². The maximum absolute atomic E-state index is 4.22. The largest absolute Gasteiger partial charge is 0.118 e. The van der Waals surface area contributed by atoms with Gasteiger partial charge >= 0.3 is 0 Å². The molecule has 1 aliphatic heterocycles. The van der Waals surface area contributed by atoms with Crippen LogP contribution >= 0.6 is 20.7 Å². The summed E-state index contributed by atoms with van der Waals surface area (Å²) in [4.78, 5) is 0. The summed E-state index contributed by atoms with van der Waals surface area (Å²) in [5.74, 6) is 0.615.